The number of anilines is 1. The number of nitrogens with one attached hydrogen (secondary N) is 2. The van der Waals surface area contributed by atoms with Gasteiger partial charge in [-0.15, -0.1) is 0 Å². The maximum atomic E-state index is 11.6. The Bertz CT molecular complexity index is 732. The fraction of sp³-hybridized carbons (Fsp3) is 0.611. The lowest BCUT2D eigenvalue weighted by Crippen LogP contribution is -2.45. The average molecular weight is 365 g/mol. The Morgan fingerprint density at radius 1 is 1.40 bits per heavy atom. The summed E-state index contributed by atoms with van der Waals surface area (Å²) in [4.78, 5) is 7.11. The first-order valence-electron chi connectivity index (χ1n) is 9.08. The highest BCUT2D eigenvalue weighted by molar-refractivity contribution is 7.91. The molecule has 1 aromatic carbocycles. The third-order valence-electron chi connectivity index (χ3n) is 4.89. The van der Waals surface area contributed by atoms with Crippen LogP contribution in [0.2, 0.25) is 0 Å². The van der Waals surface area contributed by atoms with E-state index in [2.05, 4.69) is 46.7 Å². The molecule has 1 aromatic rings. The number of fused-ring (bicyclic) bond motifs is 1. The fourth-order valence-electron chi connectivity index (χ4n) is 3.57. The van der Waals surface area contributed by atoms with E-state index in [4.69, 9.17) is 4.99 Å². The lowest BCUT2D eigenvalue weighted by Gasteiger charge is -2.26. The van der Waals surface area contributed by atoms with Crippen molar-refractivity contribution in [1.29, 1.82) is 0 Å². The molecule has 1 fully saturated rings. The zero-order valence-corrected chi connectivity index (χ0v) is 15.8. The molecule has 3 rings (SSSR count). The number of rotatable bonds is 5. The molecular weight excluding hydrogens is 336 g/mol. The van der Waals surface area contributed by atoms with E-state index in [9.17, 15) is 8.42 Å². The standard InChI is InChI=1S/C18H28N4O2S/c1-3-19-18(21-16-9-11-25(23,24)13-16)20-12-14(2)22-10-8-15-6-4-5-7-17(15)22/h4-7,14,16H,3,8-13H2,1-2H3,(H2,19,20,21). The van der Waals surface area contributed by atoms with Crippen molar-refractivity contribution in [1.82, 2.24) is 10.6 Å². The van der Waals surface area contributed by atoms with Crippen molar-refractivity contribution < 1.29 is 8.42 Å². The second-order valence-corrected chi connectivity index (χ2v) is 9.11. The Hall–Kier alpha value is -1.76. The second kappa shape index (κ2) is 7.64. The Balaban J connectivity index is 1.61. The normalized spacial score (nSPS) is 23.4. The minimum Gasteiger partial charge on any atom is -0.366 e. The molecule has 2 aliphatic heterocycles. The van der Waals surface area contributed by atoms with Crippen LogP contribution in [0, 0.1) is 0 Å². The summed E-state index contributed by atoms with van der Waals surface area (Å²) >= 11 is 0. The third kappa shape index (κ3) is 4.45. The van der Waals surface area contributed by atoms with E-state index in [1.165, 1.54) is 11.3 Å². The number of aliphatic imine (C=N–C) groups is 1. The average Bonchev–Trinajstić information content (AvgIpc) is 3.15. The highest BCUT2D eigenvalue weighted by atomic mass is 32.2. The highest BCUT2D eigenvalue weighted by Gasteiger charge is 2.28. The van der Waals surface area contributed by atoms with Crippen LogP contribution in [0.15, 0.2) is 29.3 Å². The van der Waals surface area contributed by atoms with Crippen LogP contribution >= 0.6 is 0 Å². The van der Waals surface area contributed by atoms with Gasteiger partial charge in [0.1, 0.15) is 0 Å². The number of guanidine groups is 1. The van der Waals surface area contributed by atoms with Crippen molar-refractivity contribution >= 4 is 21.5 Å². The summed E-state index contributed by atoms with van der Waals surface area (Å²) in [5.41, 5.74) is 2.71. The molecule has 0 radical (unpaired) electrons. The first kappa shape index (κ1) is 18.0. The van der Waals surface area contributed by atoms with Crippen LogP contribution in [0.5, 0.6) is 0 Å². The van der Waals surface area contributed by atoms with Gasteiger partial charge < -0.3 is 15.5 Å². The van der Waals surface area contributed by atoms with Gasteiger partial charge in [0.15, 0.2) is 15.8 Å². The van der Waals surface area contributed by atoms with Crippen LogP contribution in [0.4, 0.5) is 5.69 Å². The molecule has 0 bridgehead atoms. The van der Waals surface area contributed by atoms with Gasteiger partial charge in [-0.2, -0.15) is 0 Å². The summed E-state index contributed by atoms with van der Waals surface area (Å²) in [7, 11) is -2.89. The second-order valence-electron chi connectivity index (χ2n) is 6.89. The summed E-state index contributed by atoms with van der Waals surface area (Å²) < 4.78 is 23.3. The lowest BCUT2D eigenvalue weighted by atomic mass is 10.2. The van der Waals surface area contributed by atoms with Gasteiger partial charge in [-0.25, -0.2) is 8.42 Å². The third-order valence-corrected chi connectivity index (χ3v) is 6.65. The number of sulfone groups is 1. The fourth-order valence-corrected chi connectivity index (χ4v) is 5.24. The summed E-state index contributed by atoms with van der Waals surface area (Å²) in [5, 5.41) is 6.51. The molecule has 1 saturated heterocycles. The van der Waals surface area contributed by atoms with Crippen molar-refractivity contribution in [2.24, 2.45) is 4.99 Å². The predicted molar refractivity (Wildman–Crippen MR) is 103 cm³/mol. The van der Waals surface area contributed by atoms with Crippen LogP contribution in [0.25, 0.3) is 0 Å². The molecule has 2 aliphatic rings. The van der Waals surface area contributed by atoms with Gasteiger partial charge in [0.05, 0.1) is 18.1 Å². The van der Waals surface area contributed by atoms with E-state index in [-0.39, 0.29) is 17.5 Å². The van der Waals surface area contributed by atoms with E-state index < -0.39 is 9.84 Å². The Morgan fingerprint density at radius 3 is 2.92 bits per heavy atom. The topological polar surface area (TPSA) is 73.8 Å². The quantitative estimate of drug-likeness (QED) is 0.606. The molecule has 2 atom stereocenters. The van der Waals surface area contributed by atoms with E-state index in [1.807, 2.05) is 6.92 Å². The van der Waals surface area contributed by atoms with Crippen molar-refractivity contribution in [2.75, 3.05) is 36.0 Å². The van der Waals surface area contributed by atoms with Crippen molar-refractivity contribution in [3.05, 3.63) is 29.8 Å². The van der Waals surface area contributed by atoms with Gasteiger partial charge in [0.2, 0.25) is 0 Å². The van der Waals surface area contributed by atoms with Crippen molar-refractivity contribution in [3.8, 4) is 0 Å². The van der Waals surface area contributed by atoms with Gasteiger partial charge in [-0.3, -0.25) is 4.99 Å². The minimum atomic E-state index is -2.89. The molecule has 0 aromatic heterocycles. The zero-order chi connectivity index (χ0) is 17.9. The van der Waals surface area contributed by atoms with Gasteiger partial charge in [-0.1, -0.05) is 18.2 Å². The molecule has 138 valence electrons. The monoisotopic (exact) mass is 364 g/mol. The molecule has 2 unspecified atom stereocenters. The van der Waals surface area contributed by atoms with Gasteiger partial charge in [0.25, 0.3) is 0 Å². The molecule has 7 heteroatoms. The first-order valence-corrected chi connectivity index (χ1v) is 10.9. The largest absolute Gasteiger partial charge is 0.366 e. The van der Waals surface area contributed by atoms with E-state index in [1.54, 1.807) is 0 Å². The maximum absolute atomic E-state index is 11.6. The van der Waals surface area contributed by atoms with E-state index in [0.29, 0.717) is 25.0 Å². The molecule has 25 heavy (non-hydrogen) atoms. The van der Waals surface area contributed by atoms with Crippen LogP contribution < -0.4 is 15.5 Å². The summed E-state index contributed by atoms with van der Waals surface area (Å²) in [6.45, 7) is 6.66. The molecule has 0 spiro atoms. The summed E-state index contributed by atoms with van der Waals surface area (Å²) in [5.74, 6) is 1.18. The summed E-state index contributed by atoms with van der Waals surface area (Å²) in [6.07, 6.45) is 1.74. The smallest absolute Gasteiger partial charge is 0.191 e. The number of para-hydroxylation sites is 1. The van der Waals surface area contributed by atoms with E-state index in [0.717, 1.165) is 19.5 Å². The summed E-state index contributed by atoms with van der Waals surface area (Å²) in [6, 6.07) is 8.80. The van der Waals surface area contributed by atoms with Crippen LogP contribution in [-0.2, 0) is 16.3 Å². The Kier molecular flexibility index (Phi) is 5.51. The van der Waals surface area contributed by atoms with Crippen LogP contribution in [-0.4, -0.2) is 57.6 Å². The highest BCUT2D eigenvalue weighted by Crippen LogP contribution is 2.29. The molecule has 0 amide bonds. The molecule has 2 N–H and O–H groups in total. The minimum absolute atomic E-state index is 0.0365. The molecule has 0 saturated carbocycles. The Labute approximate surface area is 150 Å². The van der Waals surface area contributed by atoms with E-state index >= 15 is 0 Å². The van der Waals surface area contributed by atoms with Crippen molar-refractivity contribution in [2.45, 2.75) is 38.8 Å². The number of hydrogen-bond acceptors (Lipinski definition) is 4. The van der Waals surface area contributed by atoms with Gasteiger partial charge in [0, 0.05) is 30.9 Å². The maximum Gasteiger partial charge on any atom is 0.191 e. The molecule has 2 heterocycles. The van der Waals surface area contributed by atoms with Gasteiger partial charge in [-0.05, 0) is 38.3 Å². The van der Waals surface area contributed by atoms with Crippen LogP contribution in [0.1, 0.15) is 25.8 Å². The van der Waals surface area contributed by atoms with Crippen LogP contribution in [0.3, 0.4) is 0 Å². The number of benzene rings is 1. The van der Waals surface area contributed by atoms with Gasteiger partial charge >= 0.3 is 0 Å². The molecular formula is C18H28N4O2S. The molecule has 0 aliphatic carbocycles. The first-order chi connectivity index (χ1) is 12.0. The predicted octanol–water partition coefficient (Wildman–Crippen LogP) is 1.18. The lowest BCUT2D eigenvalue weighted by molar-refractivity contribution is 0.599. The number of nitrogens with zero attached hydrogens (tertiary/aromatic N) is 2. The Morgan fingerprint density at radius 2 is 2.20 bits per heavy atom. The molecule has 6 nitrogen and oxygen atoms in total. The zero-order valence-electron chi connectivity index (χ0n) is 15.0. The number of hydrogen-bond donors (Lipinski definition) is 2. The van der Waals surface area contributed by atoms with Crippen molar-refractivity contribution in [3.63, 3.8) is 0 Å². The SMILES string of the molecule is CCNC(=NCC(C)N1CCc2ccccc21)NC1CCS(=O)(=O)C1.